The minimum absolute atomic E-state index is 0.327. The number of esters is 1. The van der Waals surface area contributed by atoms with Crippen molar-refractivity contribution < 1.29 is 31.9 Å². The SMILES string of the molecule is COC(=O)c1ccc(-c2ccc([C@](F)(CNC(C)=O)C(F)(F)F)cc2)cc1. The van der Waals surface area contributed by atoms with E-state index in [1.807, 2.05) is 5.32 Å². The maximum Gasteiger partial charge on any atom is 0.428 e. The van der Waals surface area contributed by atoms with Crippen molar-refractivity contribution in [2.75, 3.05) is 13.7 Å². The lowest BCUT2D eigenvalue weighted by atomic mass is 9.92. The van der Waals surface area contributed by atoms with Gasteiger partial charge in [-0.3, -0.25) is 4.79 Å². The van der Waals surface area contributed by atoms with Crippen LogP contribution in [0.15, 0.2) is 48.5 Å². The number of nitrogens with one attached hydrogen (secondary N) is 1. The Morgan fingerprint density at radius 1 is 0.926 bits per heavy atom. The first-order chi connectivity index (χ1) is 12.6. The lowest BCUT2D eigenvalue weighted by molar-refractivity contribution is -0.233. The van der Waals surface area contributed by atoms with E-state index in [0.717, 1.165) is 19.1 Å². The van der Waals surface area contributed by atoms with E-state index >= 15 is 0 Å². The van der Waals surface area contributed by atoms with Crippen LogP contribution < -0.4 is 5.32 Å². The summed E-state index contributed by atoms with van der Waals surface area (Å²) in [7, 11) is 1.25. The first-order valence-corrected chi connectivity index (χ1v) is 7.88. The summed E-state index contributed by atoms with van der Waals surface area (Å²) in [6, 6.07) is 11.0. The molecule has 144 valence electrons. The molecule has 0 aliphatic carbocycles. The second kappa shape index (κ2) is 7.77. The van der Waals surface area contributed by atoms with Gasteiger partial charge in [-0.1, -0.05) is 36.4 Å². The molecule has 0 saturated heterocycles. The van der Waals surface area contributed by atoms with Crippen LogP contribution >= 0.6 is 0 Å². The molecule has 0 unspecified atom stereocenters. The van der Waals surface area contributed by atoms with Gasteiger partial charge in [-0.15, -0.1) is 0 Å². The van der Waals surface area contributed by atoms with Crippen molar-refractivity contribution >= 4 is 11.9 Å². The summed E-state index contributed by atoms with van der Waals surface area (Å²) in [5, 5.41) is 1.88. The molecule has 0 fully saturated rings. The van der Waals surface area contributed by atoms with E-state index in [2.05, 4.69) is 4.74 Å². The number of hydrogen-bond acceptors (Lipinski definition) is 3. The Balaban J connectivity index is 2.31. The van der Waals surface area contributed by atoms with Crippen LogP contribution in [0, 0.1) is 0 Å². The van der Waals surface area contributed by atoms with Crippen LogP contribution in [0.5, 0.6) is 0 Å². The molecule has 0 aliphatic heterocycles. The lowest BCUT2D eigenvalue weighted by Crippen LogP contribution is -2.47. The molecular weight excluding hydrogens is 366 g/mol. The molecular formula is C19H17F4NO3. The topological polar surface area (TPSA) is 55.4 Å². The number of alkyl halides is 4. The molecule has 2 aromatic carbocycles. The highest BCUT2D eigenvalue weighted by atomic mass is 19.4. The van der Waals surface area contributed by atoms with Gasteiger partial charge in [-0.05, 0) is 23.3 Å². The highest BCUT2D eigenvalue weighted by molar-refractivity contribution is 5.90. The van der Waals surface area contributed by atoms with Crippen molar-refractivity contribution in [3.05, 3.63) is 59.7 Å². The van der Waals surface area contributed by atoms with Crippen molar-refractivity contribution in [3.8, 4) is 11.1 Å². The molecule has 0 bridgehead atoms. The fourth-order valence-electron chi connectivity index (χ4n) is 2.46. The summed E-state index contributed by atoms with van der Waals surface area (Å²) >= 11 is 0. The van der Waals surface area contributed by atoms with Gasteiger partial charge in [0.05, 0.1) is 19.2 Å². The smallest absolute Gasteiger partial charge is 0.428 e. The third-order valence-electron chi connectivity index (χ3n) is 4.01. The number of halogens is 4. The van der Waals surface area contributed by atoms with Crippen LogP contribution in [-0.2, 0) is 15.2 Å². The number of carbonyl (C=O) groups is 2. The predicted molar refractivity (Wildman–Crippen MR) is 90.7 cm³/mol. The Morgan fingerprint density at radius 3 is 1.81 bits per heavy atom. The molecule has 2 rings (SSSR count). The standard InChI is InChI=1S/C19H17F4NO3/c1-12(25)24-11-18(20,19(21,22)23)16-9-7-14(8-10-16)13-3-5-15(6-4-13)17(26)27-2/h3-10H,11H2,1-2H3,(H,24,25)/t18-/m1/s1. The molecule has 1 atom stereocenters. The molecule has 27 heavy (non-hydrogen) atoms. The van der Waals surface area contributed by atoms with Gasteiger partial charge in [-0.25, -0.2) is 9.18 Å². The van der Waals surface area contributed by atoms with Crippen molar-refractivity contribution in [1.82, 2.24) is 5.32 Å². The van der Waals surface area contributed by atoms with Crippen LogP contribution in [0.25, 0.3) is 11.1 Å². The Bertz CT molecular complexity index is 816. The number of methoxy groups -OCH3 is 1. The fourth-order valence-corrected chi connectivity index (χ4v) is 2.46. The first-order valence-electron chi connectivity index (χ1n) is 7.88. The fraction of sp³-hybridized carbons (Fsp3) is 0.263. The normalized spacial score (nSPS) is 13.6. The van der Waals surface area contributed by atoms with Crippen LogP contribution in [0.1, 0.15) is 22.8 Å². The monoisotopic (exact) mass is 383 g/mol. The zero-order valence-corrected chi connectivity index (χ0v) is 14.6. The Labute approximate surface area is 153 Å². The van der Waals surface area contributed by atoms with E-state index in [9.17, 15) is 27.2 Å². The third-order valence-corrected chi connectivity index (χ3v) is 4.01. The second-order valence-electron chi connectivity index (χ2n) is 5.85. The van der Waals surface area contributed by atoms with Gasteiger partial charge in [-0.2, -0.15) is 13.2 Å². The average molecular weight is 383 g/mol. The number of rotatable bonds is 5. The molecule has 2 aromatic rings. The van der Waals surface area contributed by atoms with E-state index in [1.54, 1.807) is 12.1 Å². The van der Waals surface area contributed by atoms with Crippen molar-refractivity contribution in [2.45, 2.75) is 18.8 Å². The van der Waals surface area contributed by atoms with Gasteiger partial charge in [0.25, 0.3) is 0 Å². The number of hydrogen-bond donors (Lipinski definition) is 1. The Morgan fingerprint density at radius 2 is 1.41 bits per heavy atom. The highest BCUT2D eigenvalue weighted by Crippen LogP contribution is 2.42. The maximum atomic E-state index is 14.7. The number of carbonyl (C=O) groups excluding carboxylic acids is 2. The molecule has 0 radical (unpaired) electrons. The summed E-state index contributed by atoms with van der Waals surface area (Å²) in [5.74, 6) is -1.27. The van der Waals surface area contributed by atoms with Crippen molar-refractivity contribution in [2.24, 2.45) is 0 Å². The predicted octanol–water partition coefficient (Wildman–Crippen LogP) is 4.00. The van der Waals surface area contributed by atoms with Gasteiger partial charge in [0.15, 0.2) is 0 Å². The minimum Gasteiger partial charge on any atom is -0.465 e. The summed E-state index contributed by atoms with van der Waals surface area (Å²) in [5.41, 5.74) is -2.81. The molecule has 0 aromatic heterocycles. The molecule has 0 saturated carbocycles. The number of amides is 1. The zero-order chi connectivity index (χ0) is 20.2. The first kappa shape index (κ1) is 20.4. The summed E-state index contributed by atoms with van der Waals surface area (Å²) in [4.78, 5) is 22.3. The Hall–Kier alpha value is -2.90. The number of ether oxygens (including phenoxy) is 1. The number of benzene rings is 2. The molecule has 8 heteroatoms. The van der Waals surface area contributed by atoms with Gasteiger partial charge < -0.3 is 10.1 Å². The Kier molecular flexibility index (Phi) is 5.88. The largest absolute Gasteiger partial charge is 0.465 e. The van der Waals surface area contributed by atoms with E-state index in [1.165, 1.54) is 31.4 Å². The lowest BCUT2D eigenvalue weighted by Gasteiger charge is -2.28. The third kappa shape index (κ3) is 4.45. The van der Waals surface area contributed by atoms with Crippen LogP contribution in [0.3, 0.4) is 0 Å². The second-order valence-corrected chi connectivity index (χ2v) is 5.85. The molecule has 4 nitrogen and oxygen atoms in total. The van der Waals surface area contributed by atoms with Crippen LogP contribution in [0.2, 0.25) is 0 Å². The minimum atomic E-state index is -5.20. The van der Waals surface area contributed by atoms with E-state index < -0.39 is 35.8 Å². The quantitative estimate of drug-likeness (QED) is 0.627. The molecule has 0 heterocycles. The van der Waals surface area contributed by atoms with Crippen LogP contribution in [0.4, 0.5) is 17.6 Å². The van der Waals surface area contributed by atoms with E-state index in [4.69, 9.17) is 0 Å². The van der Waals surface area contributed by atoms with Gasteiger partial charge >= 0.3 is 12.1 Å². The van der Waals surface area contributed by atoms with E-state index in [-0.39, 0.29) is 0 Å². The average Bonchev–Trinajstić information content (AvgIpc) is 2.64. The summed E-state index contributed by atoms with van der Waals surface area (Å²) in [6.07, 6.45) is -5.20. The van der Waals surface area contributed by atoms with Gasteiger partial charge in [0.1, 0.15) is 0 Å². The van der Waals surface area contributed by atoms with Crippen molar-refractivity contribution in [3.63, 3.8) is 0 Å². The van der Waals surface area contributed by atoms with Gasteiger partial charge in [0, 0.05) is 12.5 Å². The zero-order valence-electron chi connectivity index (χ0n) is 14.6. The molecule has 0 spiro atoms. The van der Waals surface area contributed by atoms with E-state index in [0.29, 0.717) is 16.7 Å². The van der Waals surface area contributed by atoms with Gasteiger partial charge in [0.2, 0.25) is 11.6 Å². The summed E-state index contributed by atoms with van der Waals surface area (Å²) in [6.45, 7) is -0.198. The maximum absolute atomic E-state index is 14.7. The molecule has 1 N–H and O–H groups in total. The molecule has 0 aliphatic rings. The van der Waals surface area contributed by atoms with Crippen molar-refractivity contribution in [1.29, 1.82) is 0 Å². The summed E-state index contributed by atoms with van der Waals surface area (Å²) < 4.78 is 59.0. The molecule has 1 amide bonds. The van der Waals surface area contributed by atoms with Crippen LogP contribution in [-0.4, -0.2) is 31.7 Å². The highest BCUT2D eigenvalue weighted by Gasteiger charge is 2.57.